The summed E-state index contributed by atoms with van der Waals surface area (Å²) in [5.74, 6) is -0.577. The van der Waals surface area contributed by atoms with Gasteiger partial charge in [-0.25, -0.2) is 0 Å². The van der Waals surface area contributed by atoms with Gasteiger partial charge in [-0.05, 0) is 12.8 Å². The van der Waals surface area contributed by atoms with Crippen LogP contribution in [0.3, 0.4) is 0 Å². The molecule has 5 heteroatoms. The van der Waals surface area contributed by atoms with Crippen LogP contribution in [0.4, 0.5) is 0 Å². The normalized spacial score (nSPS) is 14.2. The molecule has 0 aromatic heterocycles. The van der Waals surface area contributed by atoms with Gasteiger partial charge in [0.2, 0.25) is 5.91 Å². The van der Waals surface area contributed by atoms with E-state index in [9.17, 15) is 14.4 Å². The van der Waals surface area contributed by atoms with Crippen molar-refractivity contribution >= 4 is 17.7 Å². The number of imide groups is 1. The predicted molar refractivity (Wildman–Crippen MR) is 81.2 cm³/mol. The summed E-state index contributed by atoms with van der Waals surface area (Å²) in [6.45, 7) is 0.539. The number of unbranched alkanes of at least 4 members (excludes halogenated alkanes) is 8. The van der Waals surface area contributed by atoms with Crippen molar-refractivity contribution in [3.63, 3.8) is 0 Å². The first kappa shape index (κ1) is 17.4. The van der Waals surface area contributed by atoms with Gasteiger partial charge in [0.1, 0.15) is 0 Å². The lowest BCUT2D eigenvalue weighted by Gasteiger charge is -2.12. The van der Waals surface area contributed by atoms with E-state index in [4.69, 9.17) is 5.73 Å². The first-order valence-corrected chi connectivity index (χ1v) is 7.93. The Labute approximate surface area is 126 Å². The Morgan fingerprint density at radius 2 is 1.24 bits per heavy atom. The van der Waals surface area contributed by atoms with E-state index >= 15 is 0 Å². The van der Waals surface area contributed by atoms with Crippen LogP contribution in [-0.2, 0) is 14.4 Å². The Kier molecular flexibility index (Phi) is 8.40. The number of rotatable bonds is 12. The van der Waals surface area contributed by atoms with E-state index in [1.54, 1.807) is 0 Å². The molecule has 0 saturated heterocycles. The average molecular weight is 294 g/mol. The second-order valence-electron chi connectivity index (χ2n) is 5.56. The number of amides is 3. The Hall–Kier alpha value is -1.65. The summed E-state index contributed by atoms with van der Waals surface area (Å²) in [4.78, 5) is 34.5. The van der Waals surface area contributed by atoms with Crippen molar-refractivity contribution in [2.24, 2.45) is 5.73 Å². The van der Waals surface area contributed by atoms with Gasteiger partial charge in [-0.2, -0.15) is 0 Å². The topological polar surface area (TPSA) is 80.5 Å². The average Bonchev–Trinajstić information content (AvgIpc) is 2.75. The highest BCUT2D eigenvalue weighted by molar-refractivity contribution is 6.12. The predicted octanol–water partition coefficient (Wildman–Crippen LogP) is 2.30. The van der Waals surface area contributed by atoms with Crippen LogP contribution in [-0.4, -0.2) is 29.2 Å². The Morgan fingerprint density at radius 1 is 0.810 bits per heavy atom. The van der Waals surface area contributed by atoms with E-state index < -0.39 is 0 Å². The Balaban J connectivity index is 1.84. The fourth-order valence-corrected chi connectivity index (χ4v) is 2.46. The molecule has 0 saturated carbocycles. The fraction of sp³-hybridized carbons (Fsp3) is 0.688. The summed E-state index contributed by atoms with van der Waals surface area (Å²) in [6.07, 6.45) is 13.0. The minimum absolute atomic E-state index is 0.184. The molecule has 0 aromatic carbocycles. The van der Waals surface area contributed by atoms with E-state index in [-0.39, 0.29) is 17.7 Å². The number of primary amides is 1. The summed E-state index contributed by atoms with van der Waals surface area (Å²) >= 11 is 0. The Morgan fingerprint density at radius 3 is 1.71 bits per heavy atom. The number of nitrogens with zero attached hydrogens (tertiary/aromatic N) is 1. The van der Waals surface area contributed by atoms with Crippen LogP contribution in [0, 0.1) is 0 Å². The summed E-state index contributed by atoms with van der Waals surface area (Å²) < 4.78 is 0. The van der Waals surface area contributed by atoms with Crippen LogP contribution in [0.5, 0.6) is 0 Å². The molecule has 118 valence electrons. The van der Waals surface area contributed by atoms with Crippen molar-refractivity contribution in [3.8, 4) is 0 Å². The maximum absolute atomic E-state index is 11.3. The van der Waals surface area contributed by atoms with Crippen molar-refractivity contribution in [1.82, 2.24) is 4.90 Å². The van der Waals surface area contributed by atoms with Gasteiger partial charge in [-0.1, -0.05) is 44.9 Å². The molecule has 0 radical (unpaired) electrons. The highest BCUT2D eigenvalue weighted by atomic mass is 16.2. The first-order chi connectivity index (χ1) is 10.1. The van der Waals surface area contributed by atoms with Gasteiger partial charge in [0.25, 0.3) is 11.8 Å². The fourth-order valence-electron chi connectivity index (χ4n) is 2.46. The third kappa shape index (κ3) is 7.63. The summed E-state index contributed by atoms with van der Waals surface area (Å²) in [7, 11) is 0. The van der Waals surface area contributed by atoms with Gasteiger partial charge in [-0.15, -0.1) is 0 Å². The zero-order chi connectivity index (χ0) is 15.5. The van der Waals surface area contributed by atoms with Crippen molar-refractivity contribution in [2.45, 2.75) is 64.2 Å². The zero-order valence-electron chi connectivity index (χ0n) is 12.7. The van der Waals surface area contributed by atoms with Crippen molar-refractivity contribution < 1.29 is 14.4 Å². The number of carbonyl (C=O) groups is 3. The lowest BCUT2D eigenvalue weighted by Crippen LogP contribution is -2.30. The molecular weight excluding hydrogens is 268 g/mol. The highest BCUT2D eigenvalue weighted by Crippen LogP contribution is 2.12. The van der Waals surface area contributed by atoms with Gasteiger partial charge >= 0.3 is 0 Å². The molecule has 1 aliphatic heterocycles. The van der Waals surface area contributed by atoms with Crippen LogP contribution in [0.2, 0.25) is 0 Å². The number of hydrogen-bond donors (Lipinski definition) is 1. The van der Waals surface area contributed by atoms with Gasteiger partial charge < -0.3 is 5.73 Å². The minimum Gasteiger partial charge on any atom is -0.370 e. The number of nitrogens with two attached hydrogens (primary N) is 1. The SMILES string of the molecule is NC(=O)CCCCCCCCCCCN1C(=O)C=CC1=O. The van der Waals surface area contributed by atoms with Crippen molar-refractivity contribution in [1.29, 1.82) is 0 Å². The van der Waals surface area contributed by atoms with E-state index in [0.717, 1.165) is 38.5 Å². The summed E-state index contributed by atoms with van der Waals surface area (Å²) in [5, 5.41) is 0. The maximum atomic E-state index is 11.3. The molecule has 0 aromatic rings. The third-order valence-electron chi connectivity index (χ3n) is 3.71. The molecule has 0 spiro atoms. The zero-order valence-corrected chi connectivity index (χ0v) is 12.7. The Bertz CT molecular complexity index is 373. The standard InChI is InChI=1S/C16H26N2O3/c17-14(19)10-8-6-4-2-1-3-5-7-9-13-18-15(20)11-12-16(18)21/h11-12H,1-10,13H2,(H2,17,19). The number of carbonyl (C=O) groups excluding carboxylic acids is 3. The smallest absolute Gasteiger partial charge is 0.253 e. The first-order valence-electron chi connectivity index (χ1n) is 7.93. The van der Waals surface area contributed by atoms with Gasteiger partial charge in [-0.3, -0.25) is 19.3 Å². The monoisotopic (exact) mass is 294 g/mol. The van der Waals surface area contributed by atoms with Crippen molar-refractivity contribution in [3.05, 3.63) is 12.2 Å². The summed E-state index contributed by atoms with van der Waals surface area (Å²) in [6, 6.07) is 0. The molecular formula is C16H26N2O3. The van der Waals surface area contributed by atoms with Crippen LogP contribution in [0.25, 0.3) is 0 Å². The maximum Gasteiger partial charge on any atom is 0.253 e. The molecule has 0 fully saturated rings. The van der Waals surface area contributed by atoms with E-state index in [1.165, 1.54) is 36.3 Å². The molecule has 1 aliphatic rings. The van der Waals surface area contributed by atoms with E-state index in [2.05, 4.69) is 0 Å². The van der Waals surface area contributed by atoms with Crippen LogP contribution in [0.15, 0.2) is 12.2 Å². The van der Waals surface area contributed by atoms with Gasteiger partial charge in [0, 0.05) is 25.1 Å². The summed E-state index contributed by atoms with van der Waals surface area (Å²) in [5.41, 5.74) is 5.08. The molecule has 21 heavy (non-hydrogen) atoms. The lowest BCUT2D eigenvalue weighted by atomic mass is 10.1. The van der Waals surface area contributed by atoms with Gasteiger partial charge in [0.05, 0.1) is 0 Å². The minimum atomic E-state index is -0.208. The van der Waals surface area contributed by atoms with E-state index in [0.29, 0.717) is 13.0 Å². The molecule has 5 nitrogen and oxygen atoms in total. The second kappa shape index (κ2) is 10.1. The quantitative estimate of drug-likeness (QED) is 0.443. The molecule has 0 aliphatic carbocycles. The molecule has 2 N–H and O–H groups in total. The molecule has 1 heterocycles. The lowest BCUT2D eigenvalue weighted by molar-refractivity contribution is -0.136. The largest absolute Gasteiger partial charge is 0.370 e. The van der Waals surface area contributed by atoms with E-state index in [1.807, 2.05) is 0 Å². The van der Waals surface area contributed by atoms with Gasteiger partial charge in [0.15, 0.2) is 0 Å². The van der Waals surface area contributed by atoms with Crippen molar-refractivity contribution in [2.75, 3.05) is 6.54 Å². The highest BCUT2D eigenvalue weighted by Gasteiger charge is 2.21. The molecule has 0 bridgehead atoms. The van der Waals surface area contributed by atoms with Crippen LogP contribution < -0.4 is 5.73 Å². The second-order valence-corrected chi connectivity index (χ2v) is 5.56. The molecule has 0 unspecified atom stereocenters. The molecule has 1 rings (SSSR count). The van der Waals surface area contributed by atoms with Crippen LogP contribution in [0.1, 0.15) is 64.2 Å². The van der Waals surface area contributed by atoms with Crippen LogP contribution >= 0.6 is 0 Å². The molecule has 3 amide bonds. The number of hydrogen-bond acceptors (Lipinski definition) is 3. The molecule has 0 atom stereocenters. The third-order valence-corrected chi connectivity index (χ3v) is 3.71.